The molecule has 0 bridgehead atoms. The summed E-state index contributed by atoms with van der Waals surface area (Å²) in [7, 11) is 3.23. The highest BCUT2D eigenvalue weighted by atomic mass is 79.9. The molecule has 1 aliphatic heterocycles. The van der Waals surface area contributed by atoms with Gasteiger partial charge >= 0.3 is 0 Å². The number of aromatic hydroxyl groups is 1. The van der Waals surface area contributed by atoms with Crippen LogP contribution in [0, 0.1) is 0 Å². The molecule has 0 fully saturated rings. The topological polar surface area (TPSA) is 72.3 Å². The lowest BCUT2D eigenvalue weighted by Crippen LogP contribution is -2.33. The summed E-state index contributed by atoms with van der Waals surface area (Å²) in [5.41, 5.74) is 3.70. The number of nitrogens with zero attached hydrogens (tertiary/aromatic N) is 1. The van der Waals surface area contributed by atoms with Gasteiger partial charge in [-0.25, -0.2) is 0 Å². The van der Waals surface area contributed by atoms with E-state index in [9.17, 15) is 5.11 Å². The minimum absolute atomic E-state index is 0.153. The fourth-order valence-electron chi connectivity index (χ4n) is 4.01. The van der Waals surface area contributed by atoms with Crippen LogP contribution in [0.15, 0.2) is 70.1 Å². The van der Waals surface area contributed by atoms with Gasteiger partial charge in [0.05, 0.1) is 20.8 Å². The fourth-order valence-corrected chi connectivity index (χ4v) is 4.27. The van der Waals surface area contributed by atoms with Gasteiger partial charge in [-0.15, -0.1) is 0 Å². The third-order valence-corrected chi connectivity index (χ3v) is 6.18. The van der Waals surface area contributed by atoms with Crippen molar-refractivity contribution in [2.24, 2.45) is 4.99 Å². The Bertz CT molecular complexity index is 1150. The van der Waals surface area contributed by atoms with Crippen molar-refractivity contribution in [3.05, 3.63) is 81.8 Å². The first-order valence-electron chi connectivity index (χ1n) is 10.8. The molecular formula is C26H27BrN2O4. The number of benzene rings is 3. The third-order valence-electron chi connectivity index (χ3n) is 5.65. The molecule has 172 valence electrons. The zero-order valence-corrected chi connectivity index (χ0v) is 20.4. The number of phenolic OH excluding ortho intramolecular Hbond substituents is 1. The summed E-state index contributed by atoms with van der Waals surface area (Å²) in [6.45, 7) is 2.38. The van der Waals surface area contributed by atoms with Gasteiger partial charge in [-0.3, -0.25) is 10.3 Å². The third kappa shape index (κ3) is 4.99. The molecule has 0 spiro atoms. The Balaban J connectivity index is 1.77. The Hall–Kier alpha value is -3.03. The van der Waals surface area contributed by atoms with E-state index in [0.717, 1.165) is 26.9 Å². The molecule has 6 nitrogen and oxygen atoms in total. The van der Waals surface area contributed by atoms with E-state index in [1.165, 1.54) is 0 Å². The van der Waals surface area contributed by atoms with Crippen LogP contribution in [-0.2, 0) is 0 Å². The highest BCUT2D eigenvalue weighted by molar-refractivity contribution is 9.10. The number of nitrogens with one attached hydrogen (secondary N) is 1. The zero-order valence-electron chi connectivity index (χ0n) is 18.8. The van der Waals surface area contributed by atoms with Gasteiger partial charge in [0, 0.05) is 28.2 Å². The highest BCUT2D eigenvalue weighted by Crippen LogP contribution is 2.40. The Morgan fingerprint density at radius 3 is 2.45 bits per heavy atom. The number of para-hydroxylation sites is 1. The minimum Gasteiger partial charge on any atom is -0.504 e. The Labute approximate surface area is 202 Å². The minimum atomic E-state index is -0.336. The smallest absolute Gasteiger partial charge is 0.162 e. The second-order valence-corrected chi connectivity index (χ2v) is 8.57. The molecule has 0 aromatic heterocycles. The van der Waals surface area contributed by atoms with Gasteiger partial charge in [0.15, 0.2) is 23.0 Å². The summed E-state index contributed by atoms with van der Waals surface area (Å²) in [6.07, 6.45) is 0.284. The lowest BCUT2D eigenvalue weighted by Gasteiger charge is -2.31. The first-order chi connectivity index (χ1) is 16.0. The number of aliphatic imine (C=N–C) groups is 1. The second-order valence-electron chi connectivity index (χ2n) is 7.65. The Morgan fingerprint density at radius 1 is 1.00 bits per heavy atom. The molecule has 0 radical (unpaired) electrons. The molecule has 33 heavy (non-hydrogen) atoms. The molecular weight excluding hydrogens is 484 g/mol. The monoisotopic (exact) mass is 510 g/mol. The number of methoxy groups -OCH3 is 2. The van der Waals surface area contributed by atoms with Crippen molar-refractivity contribution in [3.63, 3.8) is 0 Å². The molecule has 3 aromatic rings. The van der Waals surface area contributed by atoms with Crippen LogP contribution in [0.5, 0.6) is 23.0 Å². The first kappa shape index (κ1) is 23.1. The van der Waals surface area contributed by atoms with Crippen molar-refractivity contribution in [3.8, 4) is 23.0 Å². The van der Waals surface area contributed by atoms with E-state index in [2.05, 4.69) is 21.2 Å². The Kier molecular flexibility index (Phi) is 7.20. The average molecular weight is 511 g/mol. The summed E-state index contributed by atoms with van der Waals surface area (Å²) < 4.78 is 17.5. The first-order valence-corrected chi connectivity index (χ1v) is 11.6. The van der Waals surface area contributed by atoms with Crippen LogP contribution in [0.2, 0.25) is 0 Å². The van der Waals surface area contributed by atoms with Crippen LogP contribution in [0.4, 0.5) is 0 Å². The SMILES string of the molecule is CCOc1cccc([C@H]2CC(c3ccc(Br)cc3)=N[C@H](c3ccc(OC)c(OC)c3)N2)c1O. The van der Waals surface area contributed by atoms with Crippen molar-refractivity contribution in [1.29, 1.82) is 0 Å². The lowest BCUT2D eigenvalue weighted by atomic mass is 9.93. The number of ether oxygens (including phenoxy) is 3. The summed E-state index contributed by atoms with van der Waals surface area (Å²) in [6, 6.07) is 19.3. The second kappa shape index (κ2) is 10.3. The molecule has 7 heteroatoms. The van der Waals surface area contributed by atoms with E-state index in [1.807, 2.05) is 61.5 Å². The molecule has 3 aromatic carbocycles. The molecule has 0 aliphatic carbocycles. The molecule has 0 amide bonds. The van der Waals surface area contributed by atoms with Crippen LogP contribution in [0.3, 0.4) is 0 Å². The van der Waals surface area contributed by atoms with Gasteiger partial charge in [-0.05, 0) is 48.4 Å². The van der Waals surface area contributed by atoms with Gasteiger partial charge in [0.1, 0.15) is 6.17 Å². The van der Waals surface area contributed by atoms with Gasteiger partial charge in [-0.2, -0.15) is 0 Å². The molecule has 0 saturated carbocycles. The standard InChI is InChI=1S/C26H27BrN2O4/c1-4-33-23-7-5-6-19(25(23)30)21-15-20(16-8-11-18(27)12-9-16)28-26(29-21)17-10-13-22(31-2)24(14-17)32-3/h5-14,21,26,29-30H,4,15H2,1-3H3/t21-,26+/m1/s1. The van der Waals surface area contributed by atoms with Crippen LogP contribution >= 0.6 is 15.9 Å². The van der Waals surface area contributed by atoms with E-state index in [-0.39, 0.29) is 18.0 Å². The number of rotatable bonds is 7. The number of halogens is 1. The van der Waals surface area contributed by atoms with Crippen LogP contribution < -0.4 is 19.5 Å². The van der Waals surface area contributed by atoms with E-state index in [0.29, 0.717) is 30.3 Å². The van der Waals surface area contributed by atoms with Gasteiger partial charge < -0.3 is 19.3 Å². The quantitative estimate of drug-likeness (QED) is 0.420. The number of hydrogen-bond acceptors (Lipinski definition) is 6. The zero-order chi connectivity index (χ0) is 23.4. The maximum Gasteiger partial charge on any atom is 0.162 e. The van der Waals surface area contributed by atoms with Gasteiger partial charge in [0.2, 0.25) is 0 Å². The van der Waals surface area contributed by atoms with E-state index < -0.39 is 0 Å². The molecule has 2 N–H and O–H groups in total. The number of phenols is 1. The van der Waals surface area contributed by atoms with Crippen molar-refractivity contribution in [1.82, 2.24) is 5.32 Å². The maximum atomic E-state index is 10.9. The lowest BCUT2D eigenvalue weighted by molar-refractivity contribution is 0.313. The normalized spacial score (nSPS) is 17.9. The summed E-state index contributed by atoms with van der Waals surface area (Å²) in [4.78, 5) is 5.03. The average Bonchev–Trinajstić information content (AvgIpc) is 2.85. The van der Waals surface area contributed by atoms with Gasteiger partial charge in [0.25, 0.3) is 0 Å². The van der Waals surface area contributed by atoms with Crippen LogP contribution in [0.1, 0.15) is 42.2 Å². The number of hydrogen-bond donors (Lipinski definition) is 2. The van der Waals surface area contributed by atoms with Crippen molar-refractivity contribution >= 4 is 21.6 Å². The summed E-state index contributed by atoms with van der Waals surface area (Å²) >= 11 is 3.50. The van der Waals surface area contributed by atoms with Crippen LogP contribution in [0.25, 0.3) is 0 Å². The van der Waals surface area contributed by atoms with Crippen molar-refractivity contribution < 1.29 is 19.3 Å². The highest BCUT2D eigenvalue weighted by Gasteiger charge is 2.29. The predicted octanol–water partition coefficient (Wildman–Crippen LogP) is 5.79. The molecule has 2 atom stereocenters. The van der Waals surface area contributed by atoms with E-state index >= 15 is 0 Å². The molecule has 0 saturated heterocycles. The Morgan fingerprint density at radius 2 is 1.76 bits per heavy atom. The summed E-state index contributed by atoms with van der Waals surface area (Å²) in [5, 5.41) is 14.5. The molecule has 4 rings (SSSR count). The predicted molar refractivity (Wildman–Crippen MR) is 133 cm³/mol. The maximum absolute atomic E-state index is 10.9. The largest absolute Gasteiger partial charge is 0.504 e. The molecule has 1 heterocycles. The summed E-state index contributed by atoms with van der Waals surface area (Å²) in [5.74, 6) is 1.93. The van der Waals surface area contributed by atoms with Crippen molar-refractivity contribution in [2.45, 2.75) is 25.6 Å². The molecule has 1 aliphatic rings. The van der Waals surface area contributed by atoms with E-state index in [1.54, 1.807) is 20.3 Å². The van der Waals surface area contributed by atoms with Gasteiger partial charge in [-0.1, -0.05) is 46.3 Å². The van der Waals surface area contributed by atoms with E-state index in [4.69, 9.17) is 19.2 Å². The fraction of sp³-hybridized carbons (Fsp3) is 0.269. The molecule has 0 unspecified atom stereocenters. The van der Waals surface area contributed by atoms with Crippen molar-refractivity contribution in [2.75, 3.05) is 20.8 Å². The van der Waals surface area contributed by atoms with Crippen LogP contribution in [-0.4, -0.2) is 31.6 Å².